The molecule has 64 heavy (non-hydrogen) atoms. The molecule has 0 aliphatic rings. The van der Waals surface area contributed by atoms with Crippen molar-refractivity contribution in [1.29, 1.82) is 0 Å². The minimum absolute atomic E-state index is 0.0276. The number of anilines is 1. The fourth-order valence-corrected chi connectivity index (χ4v) is 8.67. The molecule has 0 saturated carbocycles. The number of phenols is 1. The molecule has 25 heteroatoms. The van der Waals surface area contributed by atoms with E-state index in [-0.39, 0.29) is 54.6 Å². The summed E-state index contributed by atoms with van der Waals surface area (Å²) < 4.78 is 107. The van der Waals surface area contributed by atoms with Crippen molar-refractivity contribution in [3.63, 3.8) is 0 Å². The van der Waals surface area contributed by atoms with Crippen LogP contribution in [0.5, 0.6) is 5.75 Å². The predicted octanol–water partition coefficient (Wildman–Crippen LogP) is 10.4. The molecular weight excluding hydrogens is 917 g/mol. The van der Waals surface area contributed by atoms with Gasteiger partial charge in [0.05, 0.1) is 66.9 Å². The molecule has 0 aliphatic heterocycles. The summed E-state index contributed by atoms with van der Waals surface area (Å²) in [5.41, 5.74) is 6.80. The fourth-order valence-electron chi connectivity index (χ4n) is 6.53. The molecule has 0 radical (unpaired) electrons. The average Bonchev–Trinajstić information content (AvgIpc) is 3.25. The van der Waals surface area contributed by atoms with Gasteiger partial charge in [-0.05, 0) is 84.2 Å². The van der Waals surface area contributed by atoms with E-state index in [1.165, 1.54) is 48.5 Å². The van der Waals surface area contributed by atoms with Crippen LogP contribution in [0, 0.1) is 0 Å². The number of nitrogens with zero attached hydrogens (tertiary/aromatic N) is 7. The monoisotopic (exact) mass is 942 g/mol. The first-order valence-corrected chi connectivity index (χ1v) is 22.9. The number of rotatable bonds is 12. The van der Waals surface area contributed by atoms with Crippen LogP contribution in [0.2, 0.25) is 0 Å². The Bertz CT molecular complexity index is 3690. The largest absolute Gasteiger partial charge is 0.505 e. The van der Waals surface area contributed by atoms with E-state index in [0.717, 1.165) is 35.2 Å². The zero-order valence-corrected chi connectivity index (χ0v) is 35.1. The molecule has 0 aliphatic carbocycles. The van der Waals surface area contributed by atoms with Crippen molar-refractivity contribution in [2.75, 3.05) is 5.73 Å². The maximum atomic E-state index is 12.3. The predicted molar refractivity (Wildman–Crippen MR) is 232 cm³/mol. The third kappa shape index (κ3) is 8.96. The first-order valence-electron chi connectivity index (χ1n) is 17.8. The number of aromatic hydroxyl groups is 1. The van der Waals surface area contributed by atoms with Gasteiger partial charge in [-0.1, -0.05) is 35.4 Å². The Labute approximate surface area is 364 Å². The molecule has 0 saturated heterocycles. The molecule has 8 aromatic rings. The number of phenolic OH excluding ortho intramolecular Hbond substituents is 1. The lowest BCUT2D eigenvalue weighted by atomic mass is 10.1. The first kappa shape index (κ1) is 43.7. The topological polar surface area (TPSA) is 335 Å². The summed E-state index contributed by atoms with van der Waals surface area (Å²) in [6.45, 7) is 0. The van der Waals surface area contributed by atoms with Crippen LogP contribution in [0.4, 0.5) is 39.8 Å². The van der Waals surface area contributed by atoms with Crippen molar-refractivity contribution >= 4 is 125 Å². The van der Waals surface area contributed by atoms with Crippen LogP contribution < -0.4 is 5.73 Å². The third-order valence-electron chi connectivity index (χ3n) is 9.47. The number of aromatic nitrogens is 1. The van der Waals surface area contributed by atoms with Crippen molar-refractivity contribution in [1.82, 2.24) is 4.98 Å². The highest BCUT2D eigenvalue weighted by Crippen LogP contribution is 2.46. The second-order valence-corrected chi connectivity index (χ2v) is 18.4. The summed E-state index contributed by atoms with van der Waals surface area (Å²) in [4.78, 5) is 2.64. The molecule has 7 N–H and O–H groups in total. The summed E-state index contributed by atoms with van der Waals surface area (Å²) in [7, 11) is -14.2. The second kappa shape index (κ2) is 17.0. The van der Waals surface area contributed by atoms with Gasteiger partial charge in [0.15, 0.2) is 5.75 Å². The molecule has 0 spiro atoms. The highest BCUT2D eigenvalue weighted by molar-refractivity contribution is 7.94. The van der Waals surface area contributed by atoms with Gasteiger partial charge in [-0.2, -0.15) is 25.3 Å². The minimum atomic E-state index is -4.78. The van der Waals surface area contributed by atoms with Crippen LogP contribution in [-0.2, 0) is 39.7 Å². The van der Waals surface area contributed by atoms with Crippen LogP contribution in [0.15, 0.2) is 166 Å². The van der Waals surface area contributed by atoms with Gasteiger partial charge < -0.3 is 10.8 Å². The molecule has 1 aromatic heterocycles. The molecular formula is C39H26N8O13S4. The van der Waals surface area contributed by atoms with Gasteiger partial charge in [-0.3, -0.25) is 18.6 Å². The van der Waals surface area contributed by atoms with E-state index in [0.29, 0.717) is 28.8 Å². The minimum Gasteiger partial charge on any atom is -0.505 e. The maximum absolute atomic E-state index is 12.3. The van der Waals surface area contributed by atoms with Crippen molar-refractivity contribution in [2.45, 2.75) is 19.6 Å². The zero-order valence-electron chi connectivity index (χ0n) is 31.8. The van der Waals surface area contributed by atoms with Gasteiger partial charge in [-0.25, -0.2) is 5.26 Å². The smallest absolute Gasteiger partial charge is 0.296 e. The summed E-state index contributed by atoms with van der Waals surface area (Å²) in [5.74, 6) is -0.616. The third-order valence-corrected chi connectivity index (χ3v) is 12.7. The Morgan fingerprint density at radius 3 is 1.67 bits per heavy atom. The summed E-state index contributed by atoms with van der Waals surface area (Å²) >= 11 is 0.321. The van der Waals surface area contributed by atoms with Crippen LogP contribution in [-0.4, -0.2) is 54.3 Å². The molecule has 1 heterocycles. The Hall–Kier alpha value is -6.91. The van der Waals surface area contributed by atoms with E-state index in [1.807, 2.05) is 24.3 Å². The van der Waals surface area contributed by atoms with Crippen molar-refractivity contribution in [3.05, 3.63) is 115 Å². The molecule has 7 aromatic carbocycles. The van der Waals surface area contributed by atoms with E-state index >= 15 is 0 Å². The Morgan fingerprint density at radius 2 is 1.11 bits per heavy atom. The standard InChI is InChI=1S/C39H26N8O13S4/c40-30-18-27-21(15-37(30)64(56,57)58)14-36(61-60-59-49)38(39(27)48)47-46-35-12-10-33(26-8-6-24(17-29(26)35)63(53,54)55)44-45-34-11-9-32(25-7-5-23(16-28(25)34)62(50,51)52)43-42-22-13-20-3-1-2-4-31(20)41-19-22/h1-19,48-49H,40H2,(H,50,51,52)(H,53,54,55)(H,56,57,58). The van der Waals surface area contributed by atoms with Gasteiger partial charge >= 0.3 is 0 Å². The number of nitrogen functional groups attached to an aromatic ring is 1. The molecule has 0 unspecified atom stereocenters. The van der Waals surface area contributed by atoms with Crippen LogP contribution in [0.1, 0.15) is 0 Å². The molecule has 21 nitrogen and oxygen atoms in total. The number of hydrogen-bond donors (Lipinski definition) is 6. The molecule has 8 rings (SSSR count). The van der Waals surface area contributed by atoms with Crippen molar-refractivity contribution < 1.29 is 58.6 Å². The van der Waals surface area contributed by atoms with Gasteiger partial charge in [-0.15, -0.1) is 35.0 Å². The normalized spacial score (nSPS) is 12.9. The fraction of sp³-hybridized carbons (Fsp3) is 0. The molecule has 0 amide bonds. The average molecular weight is 943 g/mol. The van der Waals surface area contributed by atoms with Crippen molar-refractivity contribution in [2.24, 2.45) is 30.7 Å². The molecule has 0 fully saturated rings. The summed E-state index contributed by atoms with van der Waals surface area (Å²) in [6.07, 6.45) is 1.54. The van der Waals surface area contributed by atoms with Gasteiger partial charge in [0.25, 0.3) is 30.4 Å². The number of benzene rings is 7. The summed E-state index contributed by atoms with van der Waals surface area (Å²) in [5, 5.41) is 51.2. The number of azo groups is 3. The first-order chi connectivity index (χ1) is 30.4. The quantitative estimate of drug-likeness (QED) is 0.0165. The van der Waals surface area contributed by atoms with Gasteiger partial charge in [0, 0.05) is 32.3 Å². The van der Waals surface area contributed by atoms with Crippen LogP contribution in [0.3, 0.4) is 0 Å². The van der Waals surface area contributed by atoms with Crippen LogP contribution in [0.25, 0.3) is 43.2 Å². The Kier molecular flexibility index (Phi) is 11.6. The number of fused-ring (bicyclic) bond motifs is 4. The van der Waals surface area contributed by atoms with Gasteiger partial charge in [0.1, 0.15) is 16.3 Å². The van der Waals surface area contributed by atoms with Gasteiger partial charge in [0.2, 0.25) is 0 Å². The van der Waals surface area contributed by atoms with E-state index < -0.39 is 56.5 Å². The highest BCUT2D eigenvalue weighted by atomic mass is 32.2. The van der Waals surface area contributed by atoms with Crippen LogP contribution >= 0.6 is 12.0 Å². The molecule has 324 valence electrons. The zero-order chi connectivity index (χ0) is 45.6. The lowest BCUT2D eigenvalue weighted by Gasteiger charge is -2.12. The van der Waals surface area contributed by atoms with E-state index in [9.17, 15) is 44.0 Å². The van der Waals surface area contributed by atoms with E-state index in [4.69, 9.17) is 11.0 Å². The maximum Gasteiger partial charge on any atom is 0.296 e. The Morgan fingerprint density at radius 1 is 0.562 bits per heavy atom. The SMILES string of the molecule is Nc1cc2c(O)c(N=Nc3ccc(N=Nc4ccc(N=Nc5cnc6ccccc6c5)c5ccc(S(=O)(=O)O)cc45)c4ccc(S(=O)(=O)O)cc34)c(SOOO)cc2cc1S(=O)(=O)O. The number of nitrogens with two attached hydrogens (primary N) is 1. The van der Waals surface area contributed by atoms with Crippen molar-refractivity contribution in [3.8, 4) is 5.75 Å². The molecule has 0 bridgehead atoms. The lowest BCUT2D eigenvalue weighted by molar-refractivity contribution is -0.432. The number of hydrogen-bond acceptors (Lipinski definition) is 19. The Balaban J connectivity index is 1.22. The summed E-state index contributed by atoms with van der Waals surface area (Å²) in [6, 6.07) is 25.6. The van der Waals surface area contributed by atoms with E-state index in [2.05, 4.69) is 45.0 Å². The number of para-hydroxylation sites is 1. The van der Waals surface area contributed by atoms with E-state index in [1.54, 1.807) is 18.3 Å². The lowest BCUT2D eigenvalue weighted by Crippen LogP contribution is -2.03. The number of pyridine rings is 1. The highest BCUT2D eigenvalue weighted by Gasteiger charge is 2.22. The molecule has 0 atom stereocenters. The second-order valence-electron chi connectivity index (χ2n) is 13.4.